The van der Waals surface area contributed by atoms with Crippen LogP contribution in [0.3, 0.4) is 0 Å². The molecule has 1 saturated heterocycles. The molecule has 1 aromatic heterocycles. The summed E-state index contributed by atoms with van der Waals surface area (Å²) in [6.07, 6.45) is 3.35. The van der Waals surface area contributed by atoms with E-state index in [0.717, 1.165) is 4.90 Å². The molecule has 0 saturated carbocycles. The monoisotopic (exact) mass is 326 g/mol. The minimum absolute atomic E-state index is 0.0587. The lowest BCUT2D eigenvalue weighted by Crippen LogP contribution is -2.47. The van der Waals surface area contributed by atoms with E-state index in [2.05, 4.69) is 4.98 Å². The average molecular weight is 326 g/mol. The zero-order valence-corrected chi connectivity index (χ0v) is 13.6. The number of hydrogen-bond acceptors (Lipinski definition) is 5. The Kier molecular flexibility index (Phi) is 5.52. The molecule has 2 rings (SSSR count). The quantitative estimate of drug-likeness (QED) is 0.836. The Bertz CT molecular complexity index is 510. The Morgan fingerprint density at radius 3 is 2.71 bits per heavy atom. The summed E-state index contributed by atoms with van der Waals surface area (Å²) < 4.78 is 0. The van der Waals surface area contributed by atoms with E-state index in [1.807, 2.05) is 26.0 Å². The number of aliphatic carboxylic acids is 1. The second kappa shape index (κ2) is 7.17. The highest BCUT2D eigenvalue weighted by Gasteiger charge is 2.42. The van der Waals surface area contributed by atoms with Crippen LogP contribution in [0.5, 0.6) is 0 Å². The molecule has 0 radical (unpaired) electrons. The zero-order valence-electron chi connectivity index (χ0n) is 11.9. The van der Waals surface area contributed by atoms with Crippen LogP contribution in [0.1, 0.15) is 13.8 Å². The molecular formula is C14H18N2O3S2. The molecule has 1 aliphatic rings. The van der Waals surface area contributed by atoms with Gasteiger partial charge in [0.05, 0.1) is 11.1 Å². The summed E-state index contributed by atoms with van der Waals surface area (Å²) in [5.74, 6) is -0.100. The first-order valence-corrected chi connectivity index (χ1v) is 8.72. The van der Waals surface area contributed by atoms with Gasteiger partial charge < -0.3 is 10.0 Å². The van der Waals surface area contributed by atoms with Crippen molar-refractivity contribution in [3.8, 4) is 0 Å². The lowest BCUT2D eigenvalue weighted by molar-refractivity contribution is -0.148. The number of aromatic nitrogens is 1. The number of carbonyl (C=O) groups excluding carboxylic acids is 1. The SMILES string of the molecule is CC(C)C1SCC(C(=O)O)N1C(=O)CSc1ccncc1. The van der Waals surface area contributed by atoms with Crippen molar-refractivity contribution in [1.29, 1.82) is 0 Å². The zero-order chi connectivity index (χ0) is 15.4. The van der Waals surface area contributed by atoms with Gasteiger partial charge in [0, 0.05) is 23.0 Å². The molecule has 21 heavy (non-hydrogen) atoms. The smallest absolute Gasteiger partial charge is 0.327 e. The Hall–Kier alpha value is -1.21. The van der Waals surface area contributed by atoms with Gasteiger partial charge in [0.1, 0.15) is 6.04 Å². The van der Waals surface area contributed by atoms with Crippen LogP contribution in [0.15, 0.2) is 29.4 Å². The summed E-state index contributed by atoms with van der Waals surface area (Å²) in [4.78, 5) is 30.2. The molecule has 7 heteroatoms. The van der Waals surface area contributed by atoms with Crippen molar-refractivity contribution in [2.75, 3.05) is 11.5 Å². The minimum Gasteiger partial charge on any atom is -0.480 e. The fourth-order valence-electron chi connectivity index (χ4n) is 2.20. The fraction of sp³-hybridized carbons (Fsp3) is 0.500. The van der Waals surface area contributed by atoms with Crippen LogP contribution >= 0.6 is 23.5 Å². The van der Waals surface area contributed by atoms with Crippen LogP contribution in [-0.4, -0.2) is 49.8 Å². The highest BCUT2D eigenvalue weighted by Crippen LogP contribution is 2.34. The minimum atomic E-state index is -0.923. The maximum absolute atomic E-state index is 12.5. The highest BCUT2D eigenvalue weighted by molar-refractivity contribution is 8.00. The summed E-state index contributed by atoms with van der Waals surface area (Å²) in [7, 11) is 0. The second-order valence-electron chi connectivity index (χ2n) is 5.09. The normalized spacial score (nSPS) is 21.8. The summed E-state index contributed by atoms with van der Waals surface area (Å²) in [6.45, 7) is 4.02. The predicted octanol–water partition coefficient (Wildman–Crippen LogP) is 2.18. The molecule has 1 fully saturated rings. The van der Waals surface area contributed by atoms with E-state index in [0.29, 0.717) is 5.75 Å². The van der Waals surface area contributed by atoms with Crippen molar-refractivity contribution in [2.45, 2.75) is 30.2 Å². The Morgan fingerprint density at radius 1 is 1.48 bits per heavy atom. The summed E-state index contributed by atoms with van der Waals surface area (Å²) in [5.41, 5.74) is 0. The van der Waals surface area contributed by atoms with Crippen molar-refractivity contribution in [3.05, 3.63) is 24.5 Å². The molecule has 2 unspecified atom stereocenters. The highest BCUT2D eigenvalue weighted by atomic mass is 32.2. The molecule has 2 heterocycles. The van der Waals surface area contributed by atoms with Gasteiger partial charge >= 0.3 is 5.97 Å². The summed E-state index contributed by atoms with van der Waals surface area (Å²) in [6, 6.07) is 2.96. The van der Waals surface area contributed by atoms with Crippen molar-refractivity contribution in [2.24, 2.45) is 5.92 Å². The van der Waals surface area contributed by atoms with Gasteiger partial charge in [-0.3, -0.25) is 9.78 Å². The van der Waals surface area contributed by atoms with E-state index < -0.39 is 12.0 Å². The lowest BCUT2D eigenvalue weighted by Gasteiger charge is -2.29. The molecule has 2 atom stereocenters. The van der Waals surface area contributed by atoms with Crippen molar-refractivity contribution >= 4 is 35.4 Å². The Morgan fingerprint density at radius 2 is 2.14 bits per heavy atom. The molecular weight excluding hydrogens is 308 g/mol. The summed E-state index contributed by atoms with van der Waals surface area (Å²) >= 11 is 2.96. The predicted molar refractivity (Wildman–Crippen MR) is 84.3 cm³/mol. The van der Waals surface area contributed by atoms with Gasteiger partial charge in [0.25, 0.3) is 0 Å². The topological polar surface area (TPSA) is 70.5 Å². The third kappa shape index (κ3) is 3.91. The van der Waals surface area contributed by atoms with Crippen LogP contribution in [0.25, 0.3) is 0 Å². The van der Waals surface area contributed by atoms with E-state index in [9.17, 15) is 14.7 Å². The standard InChI is InChI=1S/C14H18N2O3S2/c1-9(2)13-16(11(7-21-13)14(18)19)12(17)8-20-10-3-5-15-6-4-10/h3-6,9,11,13H,7-8H2,1-2H3,(H,18,19). The number of hydrogen-bond donors (Lipinski definition) is 1. The van der Waals surface area contributed by atoms with E-state index in [1.54, 1.807) is 29.1 Å². The van der Waals surface area contributed by atoms with E-state index >= 15 is 0 Å². The first-order chi connectivity index (χ1) is 10.0. The molecule has 1 amide bonds. The summed E-state index contributed by atoms with van der Waals surface area (Å²) in [5, 5.41) is 9.24. The van der Waals surface area contributed by atoms with Crippen molar-refractivity contribution in [3.63, 3.8) is 0 Å². The molecule has 1 aromatic rings. The van der Waals surface area contributed by atoms with E-state index in [4.69, 9.17) is 0 Å². The van der Waals surface area contributed by atoms with Gasteiger partial charge in [-0.1, -0.05) is 13.8 Å². The molecule has 1 aliphatic heterocycles. The number of nitrogens with zero attached hydrogens (tertiary/aromatic N) is 2. The second-order valence-corrected chi connectivity index (χ2v) is 7.29. The van der Waals surface area contributed by atoms with E-state index in [1.165, 1.54) is 11.8 Å². The first-order valence-electron chi connectivity index (χ1n) is 6.69. The Balaban J connectivity index is 2.05. The number of carboxylic acids is 1. The molecule has 1 N–H and O–H groups in total. The maximum Gasteiger partial charge on any atom is 0.327 e. The third-order valence-electron chi connectivity index (χ3n) is 3.19. The van der Waals surface area contributed by atoms with Crippen LogP contribution < -0.4 is 0 Å². The molecule has 5 nitrogen and oxygen atoms in total. The number of carbonyl (C=O) groups is 2. The number of carboxylic acid groups (broad SMARTS) is 1. The number of rotatable bonds is 5. The van der Waals surface area contributed by atoms with E-state index in [-0.39, 0.29) is 23.0 Å². The third-order valence-corrected chi connectivity index (χ3v) is 5.81. The van der Waals surface area contributed by atoms with Crippen LogP contribution in [0.2, 0.25) is 0 Å². The number of thioether (sulfide) groups is 2. The van der Waals surface area contributed by atoms with Gasteiger partial charge in [-0.15, -0.1) is 23.5 Å². The number of amides is 1. The van der Waals surface area contributed by atoms with Gasteiger partial charge in [0.15, 0.2) is 0 Å². The molecule has 0 aliphatic carbocycles. The number of pyridine rings is 1. The van der Waals surface area contributed by atoms with Crippen LogP contribution in [0.4, 0.5) is 0 Å². The Labute approximate surface area is 132 Å². The van der Waals surface area contributed by atoms with Crippen molar-refractivity contribution < 1.29 is 14.7 Å². The van der Waals surface area contributed by atoms with Gasteiger partial charge in [-0.2, -0.15) is 0 Å². The lowest BCUT2D eigenvalue weighted by atomic mass is 10.1. The van der Waals surface area contributed by atoms with Crippen LogP contribution in [-0.2, 0) is 9.59 Å². The largest absolute Gasteiger partial charge is 0.480 e. The average Bonchev–Trinajstić information content (AvgIpc) is 2.91. The van der Waals surface area contributed by atoms with Gasteiger partial charge in [0.2, 0.25) is 5.91 Å². The van der Waals surface area contributed by atoms with Gasteiger partial charge in [-0.25, -0.2) is 4.79 Å². The first kappa shape index (κ1) is 16.2. The molecule has 0 aromatic carbocycles. The maximum atomic E-state index is 12.5. The molecule has 0 bridgehead atoms. The van der Waals surface area contributed by atoms with Crippen molar-refractivity contribution in [1.82, 2.24) is 9.88 Å². The fourth-order valence-corrected chi connectivity index (χ4v) is 4.45. The molecule has 114 valence electrons. The van der Waals surface area contributed by atoms with Gasteiger partial charge in [-0.05, 0) is 18.1 Å². The molecule has 0 spiro atoms. The van der Waals surface area contributed by atoms with Crippen LogP contribution in [0, 0.1) is 5.92 Å².